The number of carboxylic acids is 1. The zero-order chi connectivity index (χ0) is 18.4. The summed E-state index contributed by atoms with van der Waals surface area (Å²) in [7, 11) is 0. The molecule has 1 heterocycles. The Morgan fingerprint density at radius 3 is 2.72 bits per heavy atom. The van der Waals surface area contributed by atoms with Crippen molar-refractivity contribution in [1.29, 1.82) is 5.26 Å². The van der Waals surface area contributed by atoms with E-state index in [0.717, 1.165) is 12.8 Å². The van der Waals surface area contributed by atoms with Gasteiger partial charge in [-0.25, -0.2) is 4.39 Å². The average Bonchev–Trinajstić information content (AvgIpc) is 3.32. The molecular weight excluding hydrogens is 343 g/mol. The second-order valence-electron chi connectivity index (χ2n) is 7.99. The third-order valence-corrected chi connectivity index (χ3v) is 6.08. The highest BCUT2D eigenvalue weighted by Gasteiger charge is 2.54. The number of aliphatic carboxylic acids is 1. The summed E-state index contributed by atoms with van der Waals surface area (Å²) in [6.45, 7) is 4.28. The van der Waals surface area contributed by atoms with Gasteiger partial charge in [-0.05, 0) is 49.1 Å². The summed E-state index contributed by atoms with van der Waals surface area (Å²) in [4.78, 5) is 11.5. The smallest absolute Gasteiger partial charge is 0.320 e. The number of nitriles is 1. The zero-order valence-electron chi connectivity index (χ0n) is 14.4. The molecule has 3 unspecified atom stereocenters. The van der Waals surface area contributed by atoms with Crippen LogP contribution in [0.25, 0.3) is 0 Å². The van der Waals surface area contributed by atoms with Crippen molar-refractivity contribution in [3.63, 3.8) is 0 Å². The molecule has 2 aliphatic rings. The number of carbonyl (C=O) groups is 1. The third kappa shape index (κ3) is 3.26. The maximum absolute atomic E-state index is 14.6. The number of benzene rings is 1. The number of hydrogen-bond donors (Lipinski definition) is 2. The van der Waals surface area contributed by atoms with Crippen molar-refractivity contribution in [2.45, 2.75) is 57.0 Å². The molecule has 1 aliphatic carbocycles. The lowest BCUT2D eigenvalue weighted by molar-refractivity contribution is -0.139. The molecule has 6 heteroatoms. The van der Waals surface area contributed by atoms with Crippen LogP contribution in [0.15, 0.2) is 18.2 Å². The fourth-order valence-corrected chi connectivity index (χ4v) is 4.35. The number of nitrogens with zero attached hydrogens (tertiary/aromatic N) is 1. The number of halogens is 2. The highest BCUT2D eigenvalue weighted by molar-refractivity contribution is 6.30. The van der Waals surface area contributed by atoms with Crippen LogP contribution >= 0.6 is 11.6 Å². The minimum absolute atomic E-state index is 0.0317. The van der Waals surface area contributed by atoms with Crippen molar-refractivity contribution in [3.8, 4) is 6.07 Å². The van der Waals surface area contributed by atoms with Crippen LogP contribution in [0.5, 0.6) is 0 Å². The molecule has 1 saturated heterocycles. The van der Waals surface area contributed by atoms with Gasteiger partial charge in [0, 0.05) is 16.6 Å². The monoisotopic (exact) mass is 364 g/mol. The Kier molecular flexibility index (Phi) is 4.55. The van der Waals surface area contributed by atoms with E-state index < -0.39 is 29.3 Å². The van der Waals surface area contributed by atoms with E-state index >= 15 is 0 Å². The molecule has 1 saturated carbocycles. The molecule has 0 radical (unpaired) electrons. The van der Waals surface area contributed by atoms with Crippen molar-refractivity contribution in [1.82, 2.24) is 5.32 Å². The van der Waals surface area contributed by atoms with Crippen LogP contribution in [0.4, 0.5) is 4.39 Å². The molecule has 0 bridgehead atoms. The summed E-state index contributed by atoms with van der Waals surface area (Å²) in [5, 5.41) is 22.8. The van der Waals surface area contributed by atoms with Crippen LogP contribution in [-0.4, -0.2) is 23.2 Å². The largest absolute Gasteiger partial charge is 0.480 e. The maximum Gasteiger partial charge on any atom is 0.320 e. The van der Waals surface area contributed by atoms with Gasteiger partial charge in [-0.3, -0.25) is 10.1 Å². The predicted octanol–water partition coefficient (Wildman–Crippen LogP) is 3.88. The lowest BCUT2D eigenvalue weighted by Crippen LogP contribution is -2.44. The van der Waals surface area contributed by atoms with Crippen molar-refractivity contribution in [3.05, 3.63) is 34.6 Å². The zero-order valence-corrected chi connectivity index (χ0v) is 15.1. The van der Waals surface area contributed by atoms with Crippen molar-refractivity contribution in [2.75, 3.05) is 0 Å². The van der Waals surface area contributed by atoms with Crippen LogP contribution in [0, 0.1) is 28.5 Å². The lowest BCUT2D eigenvalue weighted by atomic mass is 9.68. The van der Waals surface area contributed by atoms with Gasteiger partial charge >= 0.3 is 5.97 Å². The van der Waals surface area contributed by atoms with Gasteiger partial charge in [0.25, 0.3) is 0 Å². The van der Waals surface area contributed by atoms with Crippen LogP contribution in [-0.2, 0) is 10.2 Å². The Balaban J connectivity index is 2.03. The average molecular weight is 365 g/mol. The summed E-state index contributed by atoms with van der Waals surface area (Å²) in [5.74, 6) is -0.999. The van der Waals surface area contributed by atoms with E-state index in [1.54, 1.807) is 6.07 Å². The summed E-state index contributed by atoms with van der Waals surface area (Å²) < 4.78 is 14.6. The van der Waals surface area contributed by atoms with Gasteiger partial charge in [0.05, 0.1) is 6.07 Å². The summed E-state index contributed by atoms with van der Waals surface area (Å²) in [6, 6.07) is 5.23. The minimum Gasteiger partial charge on any atom is -0.480 e. The first kappa shape index (κ1) is 18.2. The lowest BCUT2D eigenvalue weighted by Gasteiger charge is -2.35. The predicted molar refractivity (Wildman–Crippen MR) is 92.8 cm³/mol. The van der Waals surface area contributed by atoms with Crippen molar-refractivity contribution < 1.29 is 14.3 Å². The topological polar surface area (TPSA) is 73.1 Å². The molecule has 134 valence electrons. The van der Waals surface area contributed by atoms with Gasteiger partial charge in [-0.15, -0.1) is 0 Å². The van der Waals surface area contributed by atoms with E-state index in [9.17, 15) is 19.6 Å². The van der Waals surface area contributed by atoms with E-state index in [1.165, 1.54) is 12.1 Å². The maximum atomic E-state index is 14.6. The van der Waals surface area contributed by atoms with Crippen LogP contribution in [0.2, 0.25) is 5.02 Å². The molecule has 0 spiro atoms. The first-order valence-corrected chi connectivity index (χ1v) is 8.93. The van der Waals surface area contributed by atoms with Gasteiger partial charge < -0.3 is 5.11 Å². The number of rotatable bonds is 5. The van der Waals surface area contributed by atoms with Gasteiger partial charge in [-0.2, -0.15) is 5.26 Å². The first-order chi connectivity index (χ1) is 11.7. The SMILES string of the molecule is CC(C)(CC1NC(C(=O)O)CC1(C#N)c1ccc(Cl)cc1F)C1CC1. The summed E-state index contributed by atoms with van der Waals surface area (Å²) in [6.07, 6.45) is 2.97. The Labute approximate surface area is 152 Å². The van der Waals surface area contributed by atoms with Crippen molar-refractivity contribution in [2.24, 2.45) is 11.3 Å². The van der Waals surface area contributed by atoms with Crippen molar-refractivity contribution >= 4 is 17.6 Å². The van der Waals surface area contributed by atoms with Gasteiger partial charge in [0.1, 0.15) is 17.3 Å². The number of carboxylic acid groups (broad SMARTS) is 1. The Bertz CT molecular complexity index is 741. The summed E-state index contributed by atoms with van der Waals surface area (Å²) in [5.41, 5.74) is -1.02. The molecule has 2 N–H and O–H groups in total. The second-order valence-corrected chi connectivity index (χ2v) is 8.42. The quantitative estimate of drug-likeness (QED) is 0.831. The number of hydrogen-bond acceptors (Lipinski definition) is 3. The van der Waals surface area contributed by atoms with Gasteiger partial charge in [0.15, 0.2) is 0 Å². The fourth-order valence-electron chi connectivity index (χ4n) is 4.19. The fraction of sp³-hybridized carbons (Fsp3) is 0.579. The Morgan fingerprint density at radius 1 is 1.52 bits per heavy atom. The molecule has 0 aromatic heterocycles. The molecule has 1 aromatic carbocycles. The molecule has 1 aliphatic heterocycles. The van der Waals surface area contributed by atoms with Gasteiger partial charge in [0.2, 0.25) is 0 Å². The highest BCUT2D eigenvalue weighted by Crippen LogP contribution is 2.51. The number of nitrogens with one attached hydrogen (secondary N) is 1. The molecule has 1 aromatic rings. The third-order valence-electron chi connectivity index (χ3n) is 5.85. The summed E-state index contributed by atoms with van der Waals surface area (Å²) >= 11 is 5.85. The molecular formula is C19H22ClFN2O2. The van der Waals surface area contributed by atoms with Gasteiger partial charge in [-0.1, -0.05) is 31.5 Å². The standard InChI is InChI=1S/C19H22ClFN2O2/c1-18(2,11-3-4-11)9-16-19(10-22,8-15(23-16)17(24)25)13-6-5-12(20)7-14(13)21/h5-7,11,15-16,23H,3-4,8-9H2,1-2H3,(H,24,25). The molecule has 4 nitrogen and oxygen atoms in total. The molecule has 3 rings (SSSR count). The minimum atomic E-state index is -1.22. The Hall–Kier alpha value is -1.64. The van der Waals surface area contributed by atoms with E-state index in [1.807, 2.05) is 0 Å². The first-order valence-electron chi connectivity index (χ1n) is 8.55. The molecule has 2 fully saturated rings. The van der Waals surface area contributed by atoms with Crippen LogP contribution in [0.3, 0.4) is 0 Å². The highest BCUT2D eigenvalue weighted by atomic mass is 35.5. The normalized spacial score (nSPS) is 29.4. The molecule has 0 amide bonds. The Morgan fingerprint density at radius 2 is 2.20 bits per heavy atom. The van der Waals surface area contributed by atoms with E-state index in [-0.39, 0.29) is 22.4 Å². The van der Waals surface area contributed by atoms with E-state index in [4.69, 9.17) is 11.6 Å². The van der Waals surface area contributed by atoms with Crippen LogP contribution < -0.4 is 5.32 Å². The van der Waals surface area contributed by atoms with Crippen LogP contribution in [0.1, 0.15) is 45.1 Å². The van der Waals surface area contributed by atoms with E-state index in [0.29, 0.717) is 12.3 Å². The molecule has 3 atom stereocenters. The van der Waals surface area contributed by atoms with E-state index in [2.05, 4.69) is 25.2 Å². The second kappa shape index (κ2) is 6.26. The molecule has 25 heavy (non-hydrogen) atoms.